The van der Waals surface area contributed by atoms with Crippen LogP contribution < -0.4 is 10.6 Å². The van der Waals surface area contributed by atoms with Crippen LogP contribution in [0.15, 0.2) is 171 Å². The number of hydrogen-bond acceptors (Lipinski definition) is 5. The van der Waals surface area contributed by atoms with Gasteiger partial charge >= 0.3 is 0 Å². The maximum absolute atomic E-state index is 6.77. The lowest BCUT2D eigenvalue weighted by Crippen LogP contribution is -2.39. The SMILES string of the molecule is C1=C(c2ccccc2)NC(c2ccc3c(c2)oc2ccccc23)NC1c1ccc2c(c1)oc1c(-c3cccc4c3oc3ccccc34)cccc12. The standard InChI is InChI=1S/C46H30N2O3/c1-2-10-27(11-3-1)38-26-39(48-46(47-38)29-21-23-32-30-12-4-6-18-40(30)49-42(32)25-29)28-20-22-33-35-15-9-17-37(45(35)51-43(33)24-28)36-16-8-14-34-31-13-5-7-19-41(31)50-44(34)36/h1-26,39,46-48H. The van der Waals surface area contributed by atoms with Gasteiger partial charge in [0.2, 0.25) is 0 Å². The number of rotatable bonds is 4. The molecule has 0 saturated heterocycles. The van der Waals surface area contributed by atoms with Crippen LogP contribution in [-0.2, 0) is 0 Å². The van der Waals surface area contributed by atoms with Crippen LogP contribution >= 0.6 is 0 Å². The number of furan rings is 3. The molecular weight excluding hydrogens is 629 g/mol. The van der Waals surface area contributed by atoms with E-state index < -0.39 is 0 Å². The van der Waals surface area contributed by atoms with E-state index in [1.807, 2.05) is 30.3 Å². The second kappa shape index (κ2) is 11.0. The van der Waals surface area contributed by atoms with E-state index in [2.05, 4.69) is 138 Å². The highest BCUT2D eigenvalue weighted by Gasteiger charge is 2.26. The van der Waals surface area contributed by atoms with Crippen molar-refractivity contribution in [3.05, 3.63) is 174 Å². The van der Waals surface area contributed by atoms with Gasteiger partial charge in [-0.2, -0.15) is 0 Å². The monoisotopic (exact) mass is 658 g/mol. The van der Waals surface area contributed by atoms with Gasteiger partial charge in [-0.3, -0.25) is 5.32 Å². The first-order chi connectivity index (χ1) is 25.2. The van der Waals surface area contributed by atoms with Crippen molar-refractivity contribution in [2.45, 2.75) is 12.2 Å². The van der Waals surface area contributed by atoms with Crippen molar-refractivity contribution >= 4 is 71.5 Å². The number of hydrogen-bond donors (Lipinski definition) is 2. The summed E-state index contributed by atoms with van der Waals surface area (Å²) in [5.74, 6) is 0. The summed E-state index contributed by atoms with van der Waals surface area (Å²) in [4.78, 5) is 0. The lowest BCUT2D eigenvalue weighted by Gasteiger charge is -2.33. The molecule has 5 nitrogen and oxygen atoms in total. The van der Waals surface area contributed by atoms with Gasteiger partial charge < -0.3 is 18.6 Å². The summed E-state index contributed by atoms with van der Waals surface area (Å²) in [5, 5.41) is 14.3. The summed E-state index contributed by atoms with van der Waals surface area (Å²) in [6.07, 6.45) is 2.11. The predicted octanol–water partition coefficient (Wildman–Crippen LogP) is 12.0. The third-order valence-electron chi connectivity index (χ3n) is 10.4. The quantitative estimate of drug-likeness (QED) is 0.197. The average molecular weight is 659 g/mol. The Hall–Kier alpha value is -6.56. The molecule has 0 amide bonds. The number of para-hydroxylation sites is 4. The molecule has 0 saturated carbocycles. The zero-order valence-corrected chi connectivity index (χ0v) is 27.4. The molecule has 11 rings (SSSR count). The summed E-state index contributed by atoms with van der Waals surface area (Å²) in [6, 6.07) is 52.6. The Balaban J connectivity index is 1.02. The Labute approximate surface area is 292 Å². The van der Waals surface area contributed by atoms with E-state index in [0.29, 0.717) is 0 Å². The van der Waals surface area contributed by atoms with Gasteiger partial charge in [-0.25, -0.2) is 0 Å². The van der Waals surface area contributed by atoms with E-state index in [1.165, 1.54) is 0 Å². The molecule has 10 aromatic rings. The third kappa shape index (κ3) is 4.45. The first kappa shape index (κ1) is 28.3. The Morgan fingerprint density at radius 3 is 1.69 bits per heavy atom. The number of fused-ring (bicyclic) bond motifs is 9. The largest absolute Gasteiger partial charge is 0.456 e. The van der Waals surface area contributed by atoms with Gasteiger partial charge in [0, 0.05) is 49.1 Å². The molecule has 0 radical (unpaired) electrons. The molecule has 242 valence electrons. The molecule has 7 aromatic carbocycles. The van der Waals surface area contributed by atoms with E-state index in [-0.39, 0.29) is 12.2 Å². The van der Waals surface area contributed by atoms with E-state index in [0.717, 1.165) is 99.3 Å². The number of nitrogens with one attached hydrogen (secondary N) is 2. The zero-order valence-electron chi connectivity index (χ0n) is 27.4. The first-order valence-electron chi connectivity index (χ1n) is 17.3. The molecule has 1 aliphatic rings. The van der Waals surface area contributed by atoms with Gasteiger partial charge in [0.15, 0.2) is 0 Å². The molecule has 1 aliphatic heterocycles. The lowest BCUT2D eigenvalue weighted by atomic mass is 9.97. The Morgan fingerprint density at radius 1 is 0.412 bits per heavy atom. The van der Waals surface area contributed by atoms with Crippen LogP contribution in [0.25, 0.3) is 82.6 Å². The van der Waals surface area contributed by atoms with Gasteiger partial charge in [-0.05, 0) is 47.0 Å². The van der Waals surface area contributed by atoms with Crippen molar-refractivity contribution in [1.82, 2.24) is 10.6 Å². The van der Waals surface area contributed by atoms with E-state index in [9.17, 15) is 0 Å². The second-order valence-electron chi connectivity index (χ2n) is 13.3. The second-order valence-corrected chi connectivity index (χ2v) is 13.3. The van der Waals surface area contributed by atoms with Crippen molar-refractivity contribution in [2.75, 3.05) is 0 Å². The normalized spacial score (nSPS) is 16.4. The summed E-state index contributed by atoms with van der Waals surface area (Å²) in [7, 11) is 0. The molecule has 0 spiro atoms. The van der Waals surface area contributed by atoms with Crippen LogP contribution in [0, 0.1) is 0 Å². The Kier molecular flexibility index (Phi) is 6.09. The highest BCUT2D eigenvalue weighted by molar-refractivity contribution is 6.15. The minimum atomic E-state index is -0.157. The van der Waals surface area contributed by atoms with Crippen molar-refractivity contribution in [3.8, 4) is 11.1 Å². The molecular formula is C46H30N2O3. The van der Waals surface area contributed by atoms with Crippen LogP contribution in [0.2, 0.25) is 0 Å². The van der Waals surface area contributed by atoms with Gasteiger partial charge in [-0.15, -0.1) is 0 Å². The van der Waals surface area contributed by atoms with Crippen molar-refractivity contribution in [2.24, 2.45) is 0 Å². The number of benzene rings is 7. The van der Waals surface area contributed by atoms with E-state index in [4.69, 9.17) is 13.3 Å². The highest BCUT2D eigenvalue weighted by Crippen LogP contribution is 2.42. The molecule has 2 atom stereocenters. The molecule has 3 aromatic heterocycles. The van der Waals surface area contributed by atoms with E-state index >= 15 is 0 Å². The molecule has 2 N–H and O–H groups in total. The first-order valence-corrected chi connectivity index (χ1v) is 17.3. The van der Waals surface area contributed by atoms with Gasteiger partial charge in [0.25, 0.3) is 0 Å². The van der Waals surface area contributed by atoms with Gasteiger partial charge in [0.05, 0.1) is 6.04 Å². The summed E-state index contributed by atoms with van der Waals surface area (Å²) in [5.41, 5.74) is 11.7. The molecule has 0 fully saturated rings. The van der Waals surface area contributed by atoms with Crippen molar-refractivity contribution in [3.63, 3.8) is 0 Å². The minimum absolute atomic E-state index is 0.0841. The van der Waals surface area contributed by atoms with E-state index in [1.54, 1.807) is 0 Å². The predicted molar refractivity (Wildman–Crippen MR) is 206 cm³/mol. The maximum atomic E-state index is 6.77. The van der Waals surface area contributed by atoms with Crippen LogP contribution in [0.3, 0.4) is 0 Å². The lowest BCUT2D eigenvalue weighted by molar-refractivity contribution is 0.442. The topological polar surface area (TPSA) is 63.5 Å². The maximum Gasteiger partial charge on any atom is 0.143 e. The Bertz CT molecular complexity index is 3000. The molecule has 4 heterocycles. The zero-order chi connectivity index (χ0) is 33.5. The van der Waals surface area contributed by atoms with Gasteiger partial charge in [0.1, 0.15) is 39.7 Å². The molecule has 0 aliphatic carbocycles. The summed E-state index contributed by atoms with van der Waals surface area (Å²) in [6.45, 7) is 0. The summed E-state index contributed by atoms with van der Waals surface area (Å²) >= 11 is 0. The van der Waals surface area contributed by atoms with Crippen molar-refractivity contribution < 1.29 is 13.3 Å². The average Bonchev–Trinajstić information content (AvgIpc) is 3.88. The fraction of sp³-hybridized carbons (Fsp3) is 0.0435. The van der Waals surface area contributed by atoms with Gasteiger partial charge in [-0.1, -0.05) is 127 Å². The molecule has 51 heavy (non-hydrogen) atoms. The van der Waals surface area contributed by atoms with Crippen LogP contribution in [-0.4, -0.2) is 0 Å². The molecule has 2 unspecified atom stereocenters. The van der Waals surface area contributed by atoms with Crippen molar-refractivity contribution in [1.29, 1.82) is 0 Å². The fourth-order valence-corrected chi connectivity index (χ4v) is 7.91. The third-order valence-corrected chi connectivity index (χ3v) is 10.4. The Morgan fingerprint density at radius 2 is 0.941 bits per heavy atom. The highest BCUT2D eigenvalue weighted by atomic mass is 16.3. The smallest absolute Gasteiger partial charge is 0.143 e. The minimum Gasteiger partial charge on any atom is -0.456 e. The molecule has 0 bridgehead atoms. The van der Waals surface area contributed by atoms with Crippen LogP contribution in [0.5, 0.6) is 0 Å². The van der Waals surface area contributed by atoms with Crippen LogP contribution in [0.1, 0.15) is 28.9 Å². The fourth-order valence-electron chi connectivity index (χ4n) is 7.91. The van der Waals surface area contributed by atoms with Crippen LogP contribution in [0.4, 0.5) is 0 Å². The molecule has 5 heteroatoms. The summed E-state index contributed by atoms with van der Waals surface area (Å²) < 4.78 is 19.5.